The number of aryl methyl sites for hydroxylation is 2. The fourth-order valence-electron chi connectivity index (χ4n) is 3.22. The lowest BCUT2D eigenvalue weighted by Crippen LogP contribution is -2.27. The van der Waals surface area contributed by atoms with Crippen LogP contribution >= 0.6 is 11.8 Å². The number of rotatable bonds is 4. The summed E-state index contributed by atoms with van der Waals surface area (Å²) in [7, 11) is 1.68. The summed E-state index contributed by atoms with van der Waals surface area (Å²) in [5, 5.41) is 25.8. The van der Waals surface area contributed by atoms with Crippen LogP contribution in [0.1, 0.15) is 44.0 Å². The molecule has 0 bridgehead atoms. The topological polar surface area (TPSA) is 102 Å². The molecule has 0 fully saturated rings. The van der Waals surface area contributed by atoms with E-state index in [0.29, 0.717) is 16.5 Å². The number of thioether (sulfide) groups is 1. The van der Waals surface area contributed by atoms with Gasteiger partial charge in [0.25, 0.3) is 6.20 Å². The number of hydrogen-bond acceptors (Lipinski definition) is 7. The van der Waals surface area contributed by atoms with Crippen LogP contribution in [0, 0.1) is 22.7 Å². The molecule has 0 saturated heterocycles. The van der Waals surface area contributed by atoms with E-state index in [4.69, 9.17) is 9.51 Å². The molecule has 1 aliphatic carbocycles. The minimum absolute atomic E-state index is 0.0928. The summed E-state index contributed by atoms with van der Waals surface area (Å²) in [6.07, 6.45) is 4.47. The van der Waals surface area contributed by atoms with Gasteiger partial charge < -0.3 is 5.11 Å². The third-order valence-corrected chi connectivity index (χ3v) is 5.80. The maximum atomic E-state index is 12.0. The molecule has 7 nitrogen and oxygen atoms in total. The number of aliphatic imine (C=N–C) groups is 1. The van der Waals surface area contributed by atoms with Gasteiger partial charge in [-0.25, -0.2) is 9.98 Å². The van der Waals surface area contributed by atoms with Crippen LogP contribution in [-0.2, 0) is 19.9 Å². The molecule has 1 unspecified atom stereocenters. The first-order chi connectivity index (χ1) is 12.8. The van der Waals surface area contributed by atoms with Crippen molar-refractivity contribution in [2.75, 3.05) is 5.75 Å². The number of fused-ring (bicyclic) bond motifs is 1. The Morgan fingerprint density at radius 1 is 1.52 bits per heavy atom. The number of pyridine rings is 1. The van der Waals surface area contributed by atoms with E-state index in [9.17, 15) is 10.4 Å². The maximum Gasteiger partial charge on any atom is 0.320 e. The molecule has 0 radical (unpaired) electrons. The van der Waals surface area contributed by atoms with Crippen LogP contribution in [-0.4, -0.2) is 21.9 Å². The Labute approximate surface area is 163 Å². The van der Waals surface area contributed by atoms with Crippen LogP contribution in [0.2, 0.25) is 0 Å². The SMILES string of the molecule is C[n+]1cc(/N=C(\[O-])CSc2nc3c(cc2C#N)CC(C(C)(C)C)CC3)on1. The standard InChI is InChI=1S/C19H23N5O2S/c1-19(2,3)14-5-6-15-12(8-14)7-13(9-20)18(21-15)27-11-16(25)22-17-10-24(4)23-26-17/h7,10,14H,5-6,8,11H2,1-4H3. The highest BCUT2D eigenvalue weighted by Gasteiger charge is 2.30. The molecule has 2 aromatic rings. The van der Waals surface area contributed by atoms with Crippen molar-refractivity contribution in [3.05, 3.63) is 29.1 Å². The molecule has 27 heavy (non-hydrogen) atoms. The normalized spacial score (nSPS) is 17.4. The van der Waals surface area contributed by atoms with Gasteiger partial charge in [0, 0.05) is 11.4 Å². The van der Waals surface area contributed by atoms with Crippen LogP contribution in [0.15, 0.2) is 26.8 Å². The molecule has 142 valence electrons. The minimum atomic E-state index is -0.354. The Morgan fingerprint density at radius 2 is 2.30 bits per heavy atom. The quantitative estimate of drug-likeness (QED) is 0.346. The predicted molar refractivity (Wildman–Crippen MR) is 99.4 cm³/mol. The second-order valence-electron chi connectivity index (χ2n) is 7.87. The van der Waals surface area contributed by atoms with Crippen molar-refractivity contribution in [1.29, 1.82) is 5.26 Å². The van der Waals surface area contributed by atoms with Crippen LogP contribution in [0.5, 0.6) is 0 Å². The van der Waals surface area contributed by atoms with Gasteiger partial charge in [-0.15, -0.1) is 0 Å². The second-order valence-corrected chi connectivity index (χ2v) is 8.84. The lowest BCUT2D eigenvalue weighted by molar-refractivity contribution is -0.739. The summed E-state index contributed by atoms with van der Waals surface area (Å²) in [5.41, 5.74) is 2.96. The first kappa shape index (κ1) is 19.4. The monoisotopic (exact) mass is 385 g/mol. The lowest BCUT2D eigenvalue weighted by atomic mass is 9.71. The van der Waals surface area contributed by atoms with Gasteiger partial charge in [-0.1, -0.05) is 37.2 Å². The predicted octanol–water partition coefficient (Wildman–Crippen LogP) is 2.10. The van der Waals surface area contributed by atoms with Crippen LogP contribution in [0.25, 0.3) is 0 Å². The molecule has 0 saturated carbocycles. The van der Waals surface area contributed by atoms with Gasteiger partial charge in [-0.05, 0) is 48.1 Å². The van der Waals surface area contributed by atoms with Gasteiger partial charge in [-0.3, -0.25) is 4.52 Å². The van der Waals surface area contributed by atoms with E-state index in [1.165, 1.54) is 22.6 Å². The largest absolute Gasteiger partial charge is 0.861 e. The van der Waals surface area contributed by atoms with Crippen molar-refractivity contribution in [2.45, 2.75) is 45.1 Å². The van der Waals surface area contributed by atoms with Crippen LogP contribution in [0.4, 0.5) is 5.88 Å². The fourth-order valence-corrected chi connectivity index (χ4v) is 3.98. The Morgan fingerprint density at radius 3 is 2.93 bits per heavy atom. The molecule has 0 aliphatic heterocycles. The zero-order chi connectivity index (χ0) is 19.6. The van der Waals surface area contributed by atoms with Crippen LogP contribution in [0.3, 0.4) is 0 Å². The van der Waals surface area contributed by atoms with Crippen molar-refractivity contribution in [3.63, 3.8) is 0 Å². The average molecular weight is 385 g/mol. The van der Waals surface area contributed by atoms with E-state index in [-0.39, 0.29) is 22.9 Å². The summed E-state index contributed by atoms with van der Waals surface area (Å²) in [6, 6.07) is 4.16. The lowest BCUT2D eigenvalue weighted by Gasteiger charge is -2.34. The van der Waals surface area contributed by atoms with E-state index in [1.807, 2.05) is 6.07 Å². The van der Waals surface area contributed by atoms with Gasteiger partial charge >= 0.3 is 5.88 Å². The zero-order valence-electron chi connectivity index (χ0n) is 16.0. The minimum Gasteiger partial charge on any atom is -0.861 e. The van der Waals surface area contributed by atoms with E-state index < -0.39 is 0 Å². The second kappa shape index (κ2) is 7.69. The highest BCUT2D eigenvalue weighted by atomic mass is 32.2. The zero-order valence-corrected chi connectivity index (χ0v) is 16.8. The summed E-state index contributed by atoms with van der Waals surface area (Å²) in [4.78, 5) is 8.54. The molecule has 2 aromatic heterocycles. The van der Waals surface area contributed by atoms with Gasteiger partial charge in [0.2, 0.25) is 0 Å². The summed E-state index contributed by atoms with van der Waals surface area (Å²) < 4.78 is 6.33. The van der Waals surface area contributed by atoms with E-state index in [1.54, 1.807) is 7.05 Å². The first-order valence-corrected chi connectivity index (χ1v) is 9.87. The molecular formula is C19H23N5O2S. The van der Waals surface area contributed by atoms with Gasteiger partial charge in [0.15, 0.2) is 12.3 Å². The number of nitrogens with zero attached hydrogens (tertiary/aromatic N) is 5. The molecule has 8 heteroatoms. The fraction of sp³-hybridized carbons (Fsp3) is 0.526. The molecule has 2 heterocycles. The van der Waals surface area contributed by atoms with Gasteiger partial charge in [-0.2, -0.15) is 5.26 Å². The Hall–Kier alpha value is -2.40. The molecule has 1 atom stereocenters. The number of aromatic nitrogens is 3. The van der Waals surface area contributed by atoms with E-state index >= 15 is 0 Å². The molecule has 0 aromatic carbocycles. The van der Waals surface area contributed by atoms with Crippen molar-refractivity contribution >= 4 is 23.5 Å². The smallest absolute Gasteiger partial charge is 0.320 e. The molecule has 0 spiro atoms. The third-order valence-electron chi connectivity index (χ3n) is 4.82. The Balaban J connectivity index is 1.75. The molecule has 0 N–H and O–H groups in total. The summed E-state index contributed by atoms with van der Waals surface area (Å²) >= 11 is 1.24. The summed E-state index contributed by atoms with van der Waals surface area (Å²) in [6.45, 7) is 6.78. The van der Waals surface area contributed by atoms with Crippen molar-refractivity contribution < 1.29 is 14.3 Å². The van der Waals surface area contributed by atoms with Crippen molar-refractivity contribution in [3.8, 4) is 6.07 Å². The number of hydrogen-bond donors (Lipinski definition) is 0. The molecular weight excluding hydrogens is 362 g/mol. The van der Waals surface area contributed by atoms with E-state index in [2.05, 4.69) is 37.1 Å². The Kier molecular flexibility index (Phi) is 5.51. The molecule has 3 rings (SSSR count). The van der Waals surface area contributed by atoms with Crippen molar-refractivity contribution in [2.24, 2.45) is 23.4 Å². The first-order valence-electron chi connectivity index (χ1n) is 8.89. The average Bonchev–Trinajstić information content (AvgIpc) is 3.02. The van der Waals surface area contributed by atoms with E-state index in [0.717, 1.165) is 30.5 Å². The van der Waals surface area contributed by atoms with Crippen LogP contribution < -0.4 is 9.79 Å². The van der Waals surface area contributed by atoms with Crippen molar-refractivity contribution in [1.82, 2.24) is 10.3 Å². The maximum absolute atomic E-state index is 12.0. The highest BCUT2D eigenvalue weighted by Crippen LogP contribution is 2.38. The number of nitriles is 1. The molecule has 0 amide bonds. The Bertz CT molecular complexity index is 908. The third kappa shape index (κ3) is 4.66. The summed E-state index contributed by atoms with van der Waals surface area (Å²) in [5.74, 6) is 0.485. The highest BCUT2D eigenvalue weighted by molar-refractivity contribution is 7.99. The van der Waals surface area contributed by atoms with Gasteiger partial charge in [0.1, 0.15) is 11.1 Å². The molecule has 1 aliphatic rings. The van der Waals surface area contributed by atoms with Gasteiger partial charge in [0.05, 0.1) is 5.56 Å².